The minimum atomic E-state index is -0.870. The number of nitrogens with one attached hydrogen (secondary N) is 1. The lowest BCUT2D eigenvalue weighted by molar-refractivity contribution is -0.137. The summed E-state index contributed by atoms with van der Waals surface area (Å²) < 4.78 is 0. The fourth-order valence-corrected chi connectivity index (χ4v) is 3.38. The van der Waals surface area contributed by atoms with Crippen LogP contribution in [0.4, 0.5) is 4.79 Å². The van der Waals surface area contributed by atoms with Crippen molar-refractivity contribution in [3.8, 4) is 0 Å². The number of benzene rings is 1. The van der Waals surface area contributed by atoms with Gasteiger partial charge in [0.15, 0.2) is 0 Å². The van der Waals surface area contributed by atoms with Crippen molar-refractivity contribution in [3.63, 3.8) is 0 Å². The molecule has 0 bridgehead atoms. The zero-order valence-corrected chi connectivity index (χ0v) is 16.1. The molecular formula is C20H29N3O4. The van der Waals surface area contributed by atoms with Crippen LogP contribution in [0.25, 0.3) is 0 Å². The molecule has 27 heavy (non-hydrogen) atoms. The molecule has 148 valence electrons. The Balaban J connectivity index is 1.91. The summed E-state index contributed by atoms with van der Waals surface area (Å²) in [6.07, 6.45) is 2.30. The van der Waals surface area contributed by atoms with Crippen molar-refractivity contribution in [2.24, 2.45) is 5.92 Å². The summed E-state index contributed by atoms with van der Waals surface area (Å²) in [5, 5.41) is 12.0. The van der Waals surface area contributed by atoms with Crippen molar-refractivity contribution in [1.29, 1.82) is 0 Å². The van der Waals surface area contributed by atoms with Gasteiger partial charge in [0, 0.05) is 45.6 Å². The number of hydrogen-bond donors (Lipinski definition) is 2. The lowest BCUT2D eigenvalue weighted by atomic mass is 9.95. The fourth-order valence-electron chi connectivity index (χ4n) is 3.38. The topological polar surface area (TPSA) is 90.0 Å². The van der Waals surface area contributed by atoms with E-state index < -0.39 is 5.97 Å². The van der Waals surface area contributed by atoms with Crippen LogP contribution in [0.3, 0.4) is 0 Å². The monoisotopic (exact) mass is 375 g/mol. The van der Waals surface area contributed by atoms with Gasteiger partial charge in [-0.25, -0.2) is 4.79 Å². The molecule has 1 unspecified atom stereocenters. The highest BCUT2D eigenvalue weighted by atomic mass is 16.4. The molecule has 0 radical (unpaired) electrons. The Labute approximate surface area is 160 Å². The van der Waals surface area contributed by atoms with Crippen LogP contribution in [0.1, 0.15) is 31.2 Å². The second kappa shape index (κ2) is 9.94. The Morgan fingerprint density at radius 2 is 1.81 bits per heavy atom. The van der Waals surface area contributed by atoms with E-state index in [9.17, 15) is 14.4 Å². The van der Waals surface area contributed by atoms with Crippen LogP contribution in [-0.2, 0) is 16.0 Å². The maximum atomic E-state index is 12.6. The number of carboxylic acid groups (broad SMARTS) is 1. The number of nitrogens with zero attached hydrogens (tertiary/aromatic N) is 2. The second-order valence-electron chi connectivity index (χ2n) is 7.26. The normalized spacial score (nSPS) is 15.9. The summed E-state index contributed by atoms with van der Waals surface area (Å²) in [5.74, 6) is -0.792. The van der Waals surface area contributed by atoms with Crippen LogP contribution in [0.5, 0.6) is 0 Å². The predicted octanol–water partition coefficient (Wildman–Crippen LogP) is 1.97. The highest BCUT2D eigenvalue weighted by Gasteiger charge is 2.29. The zero-order chi connectivity index (χ0) is 19.8. The smallest absolute Gasteiger partial charge is 0.317 e. The third-order valence-corrected chi connectivity index (χ3v) is 4.93. The number of aliphatic carboxylic acids is 1. The molecule has 1 aromatic carbocycles. The Bertz CT molecular complexity index is 640. The molecule has 1 aliphatic rings. The van der Waals surface area contributed by atoms with Gasteiger partial charge in [0.1, 0.15) is 0 Å². The van der Waals surface area contributed by atoms with Crippen LogP contribution in [0, 0.1) is 5.92 Å². The van der Waals surface area contributed by atoms with E-state index in [2.05, 4.69) is 5.32 Å². The number of rotatable bonds is 7. The van der Waals surface area contributed by atoms with E-state index in [1.807, 2.05) is 30.3 Å². The van der Waals surface area contributed by atoms with Crippen LogP contribution < -0.4 is 5.32 Å². The molecule has 1 aliphatic heterocycles. The summed E-state index contributed by atoms with van der Waals surface area (Å²) in [6.45, 7) is 1.07. The van der Waals surface area contributed by atoms with Gasteiger partial charge < -0.3 is 20.2 Å². The van der Waals surface area contributed by atoms with Crippen molar-refractivity contribution in [3.05, 3.63) is 35.9 Å². The van der Waals surface area contributed by atoms with Crippen molar-refractivity contribution >= 4 is 17.9 Å². The molecule has 1 heterocycles. The SMILES string of the molecule is CN(C)C(=O)C1CCN(C(=O)NC(CCC(=O)O)Cc2ccccc2)CC1. The average Bonchev–Trinajstić information content (AvgIpc) is 2.66. The zero-order valence-electron chi connectivity index (χ0n) is 16.1. The molecule has 1 aromatic rings. The van der Waals surface area contributed by atoms with E-state index in [0.29, 0.717) is 38.8 Å². The highest BCUT2D eigenvalue weighted by Crippen LogP contribution is 2.19. The number of amides is 3. The van der Waals surface area contributed by atoms with Gasteiger partial charge in [-0.3, -0.25) is 9.59 Å². The first-order valence-electron chi connectivity index (χ1n) is 9.39. The Morgan fingerprint density at radius 1 is 1.19 bits per heavy atom. The number of carbonyl (C=O) groups is 3. The minimum Gasteiger partial charge on any atom is -0.481 e. The van der Waals surface area contributed by atoms with Gasteiger partial charge in [-0.15, -0.1) is 0 Å². The summed E-state index contributed by atoms with van der Waals surface area (Å²) in [7, 11) is 3.50. The van der Waals surface area contributed by atoms with Gasteiger partial charge in [-0.2, -0.15) is 0 Å². The molecule has 3 amide bonds. The molecule has 1 saturated heterocycles. The lowest BCUT2D eigenvalue weighted by Gasteiger charge is -2.33. The molecule has 0 spiro atoms. The number of piperidine rings is 1. The number of carbonyl (C=O) groups excluding carboxylic acids is 2. The summed E-state index contributed by atoms with van der Waals surface area (Å²) >= 11 is 0. The summed E-state index contributed by atoms with van der Waals surface area (Å²) in [6, 6.07) is 9.30. The van der Waals surface area contributed by atoms with E-state index in [-0.39, 0.29) is 30.3 Å². The van der Waals surface area contributed by atoms with E-state index >= 15 is 0 Å². The quantitative estimate of drug-likeness (QED) is 0.762. The Morgan fingerprint density at radius 3 is 2.37 bits per heavy atom. The second-order valence-corrected chi connectivity index (χ2v) is 7.26. The molecule has 1 atom stereocenters. The third-order valence-electron chi connectivity index (χ3n) is 4.93. The van der Waals surface area contributed by atoms with Gasteiger partial charge in [0.25, 0.3) is 0 Å². The molecule has 0 aliphatic carbocycles. The van der Waals surface area contributed by atoms with Crippen LogP contribution >= 0.6 is 0 Å². The first-order valence-corrected chi connectivity index (χ1v) is 9.39. The van der Waals surface area contributed by atoms with Crippen molar-refractivity contribution in [1.82, 2.24) is 15.1 Å². The van der Waals surface area contributed by atoms with E-state index in [0.717, 1.165) is 5.56 Å². The van der Waals surface area contributed by atoms with Crippen molar-refractivity contribution in [2.75, 3.05) is 27.2 Å². The number of likely N-dealkylation sites (tertiary alicyclic amines) is 1. The predicted molar refractivity (Wildman–Crippen MR) is 102 cm³/mol. The van der Waals surface area contributed by atoms with Gasteiger partial charge >= 0.3 is 12.0 Å². The van der Waals surface area contributed by atoms with E-state index in [1.54, 1.807) is 23.9 Å². The first kappa shape index (κ1) is 20.7. The molecule has 0 saturated carbocycles. The highest BCUT2D eigenvalue weighted by molar-refractivity contribution is 5.79. The number of hydrogen-bond acceptors (Lipinski definition) is 3. The van der Waals surface area contributed by atoms with Crippen LogP contribution in [0.15, 0.2) is 30.3 Å². The number of urea groups is 1. The third kappa shape index (κ3) is 6.58. The molecule has 7 heteroatoms. The average molecular weight is 375 g/mol. The lowest BCUT2D eigenvalue weighted by Crippen LogP contribution is -2.49. The van der Waals surface area contributed by atoms with Gasteiger partial charge in [-0.05, 0) is 31.2 Å². The standard InChI is InChI=1S/C20H29N3O4/c1-22(2)19(26)16-10-12-23(13-11-16)20(27)21-17(8-9-18(24)25)14-15-6-4-3-5-7-15/h3-7,16-17H,8-14H2,1-2H3,(H,21,27)(H,24,25). The molecule has 2 rings (SSSR count). The summed E-state index contributed by atoms with van der Waals surface area (Å²) in [4.78, 5) is 38.9. The maximum Gasteiger partial charge on any atom is 0.317 e. The van der Waals surface area contributed by atoms with Crippen LogP contribution in [0.2, 0.25) is 0 Å². The minimum absolute atomic E-state index is 0.0111. The van der Waals surface area contributed by atoms with E-state index in [4.69, 9.17) is 5.11 Å². The van der Waals surface area contributed by atoms with Gasteiger partial charge in [0.2, 0.25) is 5.91 Å². The molecule has 2 N–H and O–H groups in total. The largest absolute Gasteiger partial charge is 0.481 e. The van der Waals surface area contributed by atoms with Gasteiger partial charge in [0.05, 0.1) is 0 Å². The molecule has 0 aromatic heterocycles. The number of carboxylic acids is 1. The maximum absolute atomic E-state index is 12.6. The fraction of sp³-hybridized carbons (Fsp3) is 0.550. The summed E-state index contributed by atoms with van der Waals surface area (Å²) in [5.41, 5.74) is 1.06. The Kier molecular flexibility index (Phi) is 7.64. The molecular weight excluding hydrogens is 346 g/mol. The van der Waals surface area contributed by atoms with Crippen molar-refractivity contribution < 1.29 is 19.5 Å². The molecule has 1 fully saturated rings. The van der Waals surface area contributed by atoms with Gasteiger partial charge in [-0.1, -0.05) is 30.3 Å². The molecule has 7 nitrogen and oxygen atoms in total. The van der Waals surface area contributed by atoms with E-state index in [1.165, 1.54) is 0 Å². The van der Waals surface area contributed by atoms with Crippen molar-refractivity contribution in [2.45, 2.75) is 38.1 Å². The Hall–Kier alpha value is -2.57. The first-order chi connectivity index (χ1) is 12.9. The van der Waals surface area contributed by atoms with Crippen LogP contribution in [-0.4, -0.2) is 66.0 Å².